The summed E-state index contributed by atoms with van der Waals surface area (Å²) in [6.07, 6.45) is -17.6. The van der Waals surface area contributed by atoms with Crippen LogP contribution in [0.3, 0.4) is 0 Å². The zero-order chi connectivity index (χ0) is 25.5. The van der Waals surface area contributed by atoms with Gasteiger partial charge in [-0.2, -0.15) is 39.5 Å². The Bertz CT molecular complexity index is 1050. The largest absolute Gasteiger partial charge is 0.430 e. The van der Waals surface area contributed by atoms with E-state index in [0.717, 1.165) is 24.3 Å². The maximum atomic E-state index is 13.1. The SMILES string of the molecule is O=S(=O)(c1ccc(CO)cc1)N(CC(F)(F)F)c1ccc(C(O)(C(F)(F)F)C(F)(F)F)cc1. The molecular formula is C18H14F9NO4S. The number of hydrogen-bond acceptors (Lipinski definition) is 4. The lowest BCUT2D eigenvalue weighted by Crippen LogP contribution is -2.53. The van der Waals surface area contributed by atoms with E-state index in [1.54, 1.807) is 0 Å². The van der Waals surface area contributed by atoms with Gasteiger partial charge in [-0.3, -0.25) is 4.31 Å². The molecule has 2 aromatic rings. The van der Waals surface area contributed by atoms with Gasteiger partial charge in [0.15, 0.2) is 0 Å². The highest BCUT2D eigenvalue weighted by molar-refractivity contribution is 7.92. The predicted octanol–water partition coefficient (Wildman–Crippen LogP) is 4.25. The molecular weight excluding hydrogens is 497 g/mol. The molecule has 0 aliphatic rings. The minimum atomic E-state index is -6.24. The number of alkyl halides is 9. The third-order valence-corrected chi connectivity index (χ3v) is 6.20. The van der Waals surface area contributed by atoms with Gasteiger partial charge in [0.2, 0.25) is 0 Å². The molecule has 33 heavy (non-hydrogen) atoms. The summed E-state index contributed by atoms with van der Waals surface area (Å²) < 4.78 is 142. The van der Waals surface area contributed by atoms with Crippen molar-refractivity contribution in [1.29, 1.82) is 0 Å². The van der Waals surface area contributed by atoms with Crippen molar-refractivity contribution < 1.29 is 58.1 Å². The van der Waals surface area contributed by atoms with Crippen LogP contribution >= 0.6 is 0 Å². The molecule has 184 valence electrons. The van der Waals surface area contributed by atoms with Gasteiger partial charge in [0.1, 0.15) is 6.54 Å². The van der Waals surface area contributed by atoms with Crippen molar-refractivity contribution in [2.24, 2.45) is 0 Å². The van der Waals surface area contributed by atoms with E-state index in [9.17, 15) is 53.0 Å². The summed E-state index contributed by atoms with van der Waals surface area (Å²) in [5.41, 5.74) is -7.80. The number of aliphatic hydroxyl groups is 2. The number of rotatable bonds is 6. The summed E-state index contributed by atoms with van der Waals surface area (Å²) in [7, 11) is -4.99. The van der Waals surface area contributed by atoms with Gasteiger partial charge in [0.25, 0.3) is 15.6 Å². The summed E-state index contributed by atoms with van der Waals surface area (Å²) in [6.45, 7) is -2.66. The van der Waals surface area contributed by atoms with Gasteiger partial charge in [-0.05, 0) is 29.8 Å². The molecule has 0 saturated carbocycles. The van der Waals surface area contributed by atoms with Gasteiger partial charge in [-0.15, -0.1) is 0 Å². The van der Waals surface area contributed by atoms with Crippen LogP contribution in [0.1, 0.15) is 11.1 Å². The van der Waals surface area contributed by atoms with Crippen molar-refractivity contribution in [3.05, 3.63) is 59.7 Å². The molecule has 0 aliphatic heterocycles. The highest BCUT2D eigenvalue weighted by Gasteiger charge is 2.71. The number of hydrogen-bond donors (Lipinski definition) is 2. The highest BCUT2D eigenvalue weighted by atomic mass is 32.2. The predicted molar refractivity (Wildman–Crippen MR) is 95.4 cm³/mol. The molecule has 0 aliphatic carbocycles. The summed E-state index contributed by atoms with van der Waals surface area (Å²) in [5, 5.41) is 18.4. The Balaban J connectivity index is 2.60. The number of benzene rings is 2. The fourth-order valence-electron chi connectivity index (χ4n) is 2.73. The Hall–Kier alpha value is -2.52. The van der Waals surface area contributed by atoms with Crippen molar-refractivity contribution in [3.8, 4) is 0 Å². The van der Waals surface area contributed by atoms with Crippen molar-refractivity contribution in [3.63, 3.8) is 0 Å². The minimum Gasteiger partial charge on any atom is -0.392 e. The number of halogens is 9. The third-order valence-electron chi connectivity index (χ3n) is 4.41. The van der Waals surface area contributed by atoms with Crippen molar-refractivity contribution in [1.82, 2.24) is 0 Å². The molecule has 0 bridgehead atoms. The van der Waals surface area contributed by atoms with Gasteiger partial charge in [0, 0.05) is 5.56 Å². The van der Waals surface area contributed by atoms with Crippen LogP contribution in [0, 0.1) is 0 Å². The molecule has 0 spiro atoms. The first-order valence-corrected chi connectivity index (χ1v) is 10.0. The Morgan fingerprint density at radius 1 is 0.758 bits per heavy atom. The van der Waals surface area contributed by atoms with E-state index < -0.39 is 63.5 Å². The monoisotopic (exact) mass is 511 g/mol. The van der Waals surface area contributed by atoms with E-state index in [0.29, 0.717) is 0 Å². The summed E-state index contributed by atoms with van der Waals surface area (Å²) in [6, 6.07) is 4.54. The molecule has 0 radical (unpaired) electrons. The van der Waals surface area contributed by atoms with Gasteiger partial charge in [0.05, 0.1) is 17.2 Å². The van der Waals surface area contributed by atoms with Crippen LogP contribution in [-0.4, -0.2) is 43.7 Å². The molecule has 2 N–H and O–H groups in total. The Kier molecular flexibility index (Phi) is 7.03. The topological polar surface area (TPSA) is 77.8 Å². The minimum absolute atomic E-state index is 0.0318. The molecule has 0 aromatic heterocycles. The lowest BCUT2D eigenvalue weighted by molar-refractivity contribution is -0.376. The fourth-order valence-corrected chi connectivity index (χ4v) is 4.18. The third kappa shape index (κ3) is 5.35. The number of nitrogens with zero attached hydrogens (tertiary/aromatic N) is 1. The van der Waals surface area contributed by atoms with E-state index in [-0.39, 0.29) is 34.1 Å². The molecule has 0 saturated heterocycles. The summed E-state index contributed by atoms with van der Waals surface area (Å²) >= 11 is 0. The summed E-state index contributed by atoms with van der Waals surface area (Å²) in [4.78, 5) is -0.685. The van der Waals surface area contributed by atoms with Crippen LogP contribution in [0.15, 0.2) is 53.4 Å². The van der Waals surface area contributed by atoms with Crippen molar-refractivity contribution >= 4 is 15.7 Å². The second-order valence-corrected chi connectivity index (χ2v) is 8.54. The normalized spacial score (nSPS) is 13.8. The molecule has 0 atom stereocenters. The van der Waals surface area contributed by atoms with Gasteiger partial charge >= 0.3 is 18.5 Å². The molecule has 2 aromatic carbocycles. The van der Waals surface area contributed by atoms with E-state index >= 15 is 0 Å². The highest BCUT2D eigenvalue weighted by Crippen LogP contribution is 2.50. The van der Waals surface area contributed by atoms with Crippen molar-refractivity contribution in [2.45, 2.75) is 35.6 Å². The number of aliphatic hydroxyl groups excluding tert-OH is 1. The zero-order valence-electron chi connectivity index (χ0n) is 16.0. The number of anilines is 1. The molecule has 0 heterocycles. The second-order valence-electron chi connectivity index (χ2n) is 6.68. The van der Waals surface area contributed by atoms with Crippen LogP contribution in [0.4, 0.5) is 45.2 Å². The van der Waals surface area contributed by atoms with Crippen LogP contribution in [-0.2, 0) is 22.2 Å². The molecule has 5 nitrogen and oxygen atoms in total. The van der Waals surface area contributed by atoms with Gasteiger partial charge in [-0.1, -0.05) is 24.3 Å². The maximum absolute atomic E-state index is 13.1. The van der Waals surface area contributed by atoms with Gasteiger partial charge < -0.3 is 10.2 Å². The Labute approximate surface area is 180 Å². The average Bonchev–Trinajstić information content (AvgIpc) is 2.69. The van der Waals surface area contributed by atoms with E-state index in [1.165, 1.54) is 0 Å². The average molecular weight is 511 g/mol. The lowest BCUT2D eigenvalue weighted by atomic mass is 9.92. The maximum Gasteiger partial charge on any atom is 0.430 e. The first-order valence-electron chi connectivity index (χ1n) is 8.60. The Morgan fingerprint density at radius 2 is 1.21 bits per heavy atom. The standard InChI is InChI=1S/C18H14F9NO4S/c19-15(20,21)10-28(33(31,32)14-7-1-11(9-29)2-8-14)13-5-3-12(4-6-13)16(30,17(22,23)24)18(25,26)27/h1-8,29-30H,9-10H2. The molecule has 2 rings (SSSR count). The lowest BCUT2D eigenvalue weighted by Gasteiger charge is -2.33. The first kappa shape index (κ1) is 26.7. The molecule has 15 heteroatoms. The fraction of sp³-hybridized carbons (Fsp3) is 0.333. The van der Waals surface area contributed by atoms with Crippen molar-refractivity contribution in [2.75, 3.05) is 10.8 Å². The van der Waals surface area contributed by atoms with Crippen LogP contribution in [0.2, 0.25) is 0 Å². The van der Waals surface area contributed by atoms with Crippen LogP contribution in [0.25, 0.3) is 0 Å². The summed E-state index contributed by atoms with van der Waals surface area (Å²) in [5.74, 6) is 0. The van der Waals surface area contributed by atoms with E-state index in [1.807, 2.05) is 0 Å². The van der Waals surface area contributed by atoms with Crippen LogP contribution in [0.5, 0.6) is 0 Å². The van der Waals surface area contributed by atoms with Gasteiger partial charge in [-0.25, -0.2) is 8.42 Å². The quantitative estimate of drug-likeness (QED) is 0.569. The van der Waals surface area contributed by atoms with E-state index in [2.05, 4.69) is 0 Å². The molecule has 0 fully saturated rings. The number of sulfonamides is 1. The molecule has 0 unspecified atom stereocenters. The molecule has 0 amide bonds. The Morgan fingerprint density at radius 3 is 1.58 bits per heavy atom. The van der Waals surface area contributed by atoms with E-state index in [4.69, 9.17) is 5.11 Å². The first-order chi connectivity index (χ1) is 14.8. The van der Waals surface area contributed by atoms with Crippen LogP contribution < -0.4 is 4.31 Å². The smallest absolute Gasteiger partial charge is 0.392 e. The second kappa shape index (κ2) is 8.68. The zero-order valence-corrected chi connectivity index (χ0v) is 16.8.